The van der Waals surface area contributed by atoms with Gasteiger partial charge in [-0.05, 0) is 124 Å². The summed E-state index contributed by atoms with van der Waals surface area (Å²) in [5, 5.41) is 17.5. The molecule has 17 nitrogen and oxygen atoms in total. The highest BCUT2D eigenvalue weighted by Crippen LogP contribution is 2.42. The minimum absolute atomic E-state index is 0.0664. The summed E-state index contributed by atoms with van der Waals surface area (Å²) >= 11 is 70.9. The van der Waals surface area contributed by atoms with E-state index in [1.54, 1.807) is 48.5 Å². The Labute approximate surface area is 497 Å². The van der Waals surface area contributed by atoms with E-state index in [9.17, 15) is 19.5 Å². The number of phenolic OH excluding ortho intramolecular Hbond substituents is 1. The SMILES string of the molecule is CCO[Si](CCCNC(=O)Oc1ccc(C(=O)Nc2ccc(-c3nc(C(Cl)(Cl)Cl)nc(C(Cl)(Cl)Cl)n3)cc2)cc1)(OCC)OCC.O=C(Nc1ccc(-c2nc(C(Cl)(Cl)Cl)nc(C(Cl)(Cl)Cl)n2)cc1)c1ccc(O)cc1. The zero-order chi connectivity index (χ0) is 56.1. The number of halogens is 12. The summed E-state index contributed by atoms with van der Waals surface area (Å²) in [6.45, 7) is 7.44. The fourth-order valence-electron chi connectivity index (χ4n) is 6.26. The highest BCUT2D eigenvalue weighted by atomic mass is 35.6. The molecule has 76 heavy (non-hydrogen) atoms. The summed E-state index contributed by atoms with van der Waals surface area (Å²) in [5.41, 5.74) is 2.67. The number of benzene rings is 4. The maximum Gasteiger partial charge on any atom is 0.500 e. The lowest BCUT2D eigenvalue weighted by atomic mass is 10.1. The van der Waals surface area contributed by atoms with Crippen molar-refractivity contribution >= 4 is 177 Å². The first-order valence-corrected chi connectivity index (χ1v) is 28.5. The van der Waals surface area contributed by atoms with Crippen LogP contribution < -0.4 is 20.7 Å². The van der Waals surface area contributed by atoms with Crippen molar-refractivity contribution in [2.75, 3.05) is 37.0 Å². The van der Waals surface area contributed by atoms with Crippen LogP contribution in [0.5, 0.6) is 11.5 Å². The van der Waals surface area contributed by atoms with Crippen LogP contribution in [0.15, 0.2) is 97.1 Å². The first-order valence-electron chi connectivity index (χ1n) is 22.0. The maximum atomic E-state index is 12.8. The molecule has 0 saturated carbocycles. The smallest absolute Gasteiger partial charge is 0.500 e. The number of carbonyl (C=O) groups excluding carboxylic acids is 3. The Balaban J connectivity index is 0.000000306. The Kier molecular flexibility index (Phi) is 23.4. The van der Waals surface area contributed by atoms with Crippen LogP contribution in [0.3, 0.4) is 0 Å². The van der Waals surface area contributed by atoms with E-state index in [1.165, 1.54) is 48.5 Å². The van der Waals surface area contributed by atoms with Gasteiger partial charge in [0.25, 0.3) is 11.8 Å². The van der Waals surface area contributed by atoms with Crippen molar-refractivity contribution in [3.05, 3.63) is 131 Å². The molecule has 0 radical (unpaired) electrons. The van der Waals surface area contributed by atoms with Gasteiger partial charge >= 0.3 is 14.9 Å². The Bertz CT molecular complexity index is 2830. The lowest BCUT2D eigenvalue weighted by Crippen LogP contribution is -2.46. The van der Waals surface area contributed by atoms with E-state index in [0.717, 1.165) is 0 Å². The number of amides is 3. The topological polar surface area (TPSA) is 222 Å². The van der Waals surface area contributed by atoms with Gasteiger partial charge in [-0.3, -0.25) is 9.59 Å². The van der Waals surface area contributed by atoms with Crippen molar-refractivity contribution in [1.82, 2.24) is 35.2 Å². The molecule has 0 unspecified atom stereocenters. The number of hydrogen-bond acceptors (Lipinski definition) is 14. The number of hydrogen-bond donors (Lipinski definition) is 4. The van der Waals surface area contributed by atoms with Crippen molar-refractivity contribution in [2.24, 2.45) is 0 Å². The number of carbonyl (C=O) groups is 3. The van der Waals surface area contributed by atoms with Crippen LogP contribution in [0.25, 0.3) is 22.8 Å². The van der Waals surface area contributed by atoms with Gasteiger partial charge in [0, 0.05) is 66.0 Å². The van der Waals surface area contributed by atoms with Gasteiger partial charge in [0.15, 0.2) is 34.9 Å². The summed E-state index contributed by atoms with van der Waals surface area (Å²) in [6, 6.07) is 25.5. The average Bonchev–Trinajstić information content (AvgIpc) is 3.35. The molecule has 0 fully saturated rings. The van der Waals surface area contributed by atoms with Crippen molar-refractivity contribution in [3.63, 3.8) is 0 Å². The molecule has 0 aliphatic carbocycles. The largest absolute Gasteiger partial charge is 0.508 e. The number of anilines is 2. The Hall–Kier alpha value is -3.51. The number of nitrogens with one attached hydrogen (secondary N) is 3. The third kappa shape index (κ3) is 19.4. The highest BCUT2D eigenvalue weighted by molar-refractivity contribution is 6.68. The number of alkyl halides is 12. The van der Waals surface area contributed by atoms with Gasteiger partial charge < -0.3 is 39.1 Å². The van der Waals surface area contributed by atoms with Crippen molar-refractivity contribution in [3.8, 4) is 34.3 Å². The normalized spacial score (nSPS) is 12.0. The van der Waals surface area contributed by atoms with Crippen molar-refractivity contribution in [2.45, 2.75) is 48.4 Å². The molecular formula is C46H41Cl12N9O8Si. The van der Waals surface area contributed by atoms with E-state index in [2.05, 4.69) is 45.9 Å². The molecular weight excluding hydrogens is 1260 g/mol. The fourth-order valence-corrected chi connectivity index (χ4v) is 9.88. The van der Waals surface area contributed by atoms with Crippen LogP contribution in [0.4, 0.5) is 16.2 Å². The fraction of sp³-hybridized carbons (Fsp3) is 0.283. The molecule has 0 atom stereocenters. The third-order valence-corrected chi connectivity index (χ3v) is 14.7. The maximum absolute atomic E-state index is 12.8. The van der Waals surface area contributed by atoms with Gasteiger partial charge in [-0.15, -0.1) is 0 Å². The van der Waals surface area contributed by atoms with E-state index >= 15 is 0 Å². The molecule has 4 N–H and O–H groups in total. The second-order valence-corrected chi connectivity index (χ2v) is 27.0. The van der Waals surface area contributed by atoms with Gasteiger partial charge in [0.2, 0.25) is 15.2 Å². The molecule has 0 bridgehead atoms. The predicted molar refractivity (Wildman–Crippen MR) is 302 cm³/mol. The lowest BCUT2D eigenvalue weighted by Gasteiger charge is -2.28. The van der Waals surface area contributed by atoms with E-state index < -0.39 is 36.0 Å². The highest BCUT2D eigenvalue weighted by Gasteiger charge is 2.40. The third-order valence-electron chi connectivity index (χ3n) is 9.57. The number of rotatable bonds is 17. The van der Waals surface area contributed by atoms with E-state index in [4.69, 9.17) is 157 Å². The summed E-state index contributed by atoms with van der Waals surface area (Å²) in [5.74, 6) is -1.07. The second kappa shape index (κ2) is 28.1. The molecule has 30 heteroatoms. The van der Waals surface area contributed by atoms with Gasteiger partial charge in [-0.2, -0.15) is 0 Å². The first kappa shape index (κ1) is 63.3. The monoisotopic (exact) mass is 1290 g/mol. The van der Waals surface area contributed by atoms with Crippen LogP contribution in [0.1, 0.15) is 71.2 Å². The molecule has 3 amide bonds. The molecule has 406 valence electrons. The van der Waals surface area contributed by atoms with Gasteiger partial charge in [-0.1, -0.05) is 139 Å². The molecule has 0 saturated heterocycles. The van der Waals surface area contributed by atoms with Crippen LogP contribution in [0.2, 0.25) is 6.04 Å². The summed E-state index contributed by atoms with van der Waals surface area (Å²) in [6.07, 6.45) is -0.0444. The van der Waals surface area contributed by atoms with E-state index in [0.29, 0.717) is 72.5 Å². The molecule has 6 rings (SSSR count). The zero-order valence-corrected chi connectivity index (χ0v) is 49.6. The lowest BCUT2D eigenvalue weighted by molar-refractivity contribution is 0.0707. The molecule has 4 aromatic carbocycles. The molecule has 0 aliphatic heterocycles. The van der Waals surface area contributed by atoms with Crippen molar-refractivity contribution in [1.29, 1.82) is 0 Å². The average molecular weight is 1300 g/mol. The predicted octanol–water partition coefficient (Wildman–Crippen LogP) is 14.1. The summed E-state index contributed by atoms with van der Waals surface area (Å²) in [7, 11) is -2.79. The minimum Gasteiger partial charge on any atom is -0.508 e. The van der Waals surface area contributed by atoms with E-state index in [1.807, 2.05) is 20.8 Å². The first-order chi connectivity index (χ1) is 35.6. The summed E-state index contributed by atoms with van der Waals surface area (Å²) < 4.78 is 14.9. The number of aromatic nitrogens is 6. The number of nitrogens with zero attached hydrogens (tertiary/aromatic N) is 6. The zero-order valence-electron chi connectivity index (χ0n) is 39.5. The Morgan fingerprint density at radius 1 is 0.500 bits per heavy atom. The summed E-state index contributed by atoms with van der Waals surface area (Å²) in [4.78, 5) is 61.8. The molecule has 2 aromatic heterocycles. The Morgan fingerprint density at radius 3 is 1.17 bits per heavy atom. The number of ether oxygens (including phenoxy) is 1. The molecule has 6 aromatic rings. The second-order valence-electron chi connectivity index (χ2n) is 15.1. The van der Waals surface area contributed by atoms with Gasteiger partial charge in [-0.25, -0.2) is 34.7 Å². The number of phenols is 1. The van der Waals surface area contributed by atoms with Crippen molar-refractivity contribution < 1.29 is 37.5 Å². The number of aromatic hydroxyl groups is 1. The molecule has 0 spiro atoms. The quantitative estimate of drug-likeness (QED) is 0.0379. The van der Waals surface area contributed by atoms with Crippen LogP contribution >= 0.6 is 139 Å². The van der Waals surface area contributed by atoms with Crippen LogP contribution in [-0.2, 0) is 28.4 Å². The minimum atomic E-state index is -2.79. The van der Waals surface area contributed by atoms with E-state index in [-0.39, 0.29) is 52.4 Å². The van der Waals surface area contributed by atoms with Gasteiger partial charge in [0.05, 0.1) is 0 Å². The Morgan fingerprint density at radius 2 is 0.842 bits per heavy atom. The molecule has 0 aliphatic rings. The van der Waals surface area contributed by atoms with Crippen LogP contribution in [0, 0.1) is 0 Å². The molecule has 2 heterocycles. The van der Waals surface area contributed by atoms with Gasteiger partial charge in [0.1, 0.15) is 11.5 Å². The van der Waals surface area contributed by atoms with Crippen LogP contribution in [-0.4, -0.2) is 88.1 Å². The standard InChI is InChI=1S/C28H31Cl6N5O6Si.C18H10Cl6N4O2/c1-4-42-46(43-5-2,44-6-3)17-7-16-35-26(41)45-21-14-10-19(11-15-21)23(40)36-20-12-8-18(9-13-20)22-37-24(27(29,30)31)39-25(38-22)28(32,33)34;19-17(20,21)15-26-13(27-16(28-15)18(22,23)24)9-1-5-11(6-2-9)25-14(30)10-3-7-12(29)8-4-10/h8-15H,4-7,16-17H2,1-3H3,(H,35,41)(H,36,40);1-8,29H,(H,25,30).